The molecule has 0 saturated carbocycles. The van der Waals surface area contributed by atoms with Crippen LogP contribution in [-0.4, -0.2) is 84.0 Å². The van der Waals surface area contributed by atoms with Crippen molar-refractivity contribution in [3.05, 3.63) is 0 Å². The molecule has 120 valence electrons. The van der Waals surface area contributed by atoms with Crippen molar-refractivity contribution in [2.75, 3.05) is 46.4 Å². The van der Waals surface area contributed by atoms with Gasteiger partial charge in [0.1, 0.15) is 0 Å². The molecule has 2 rings (SSSR count). The molecule has 0 aromatic rings. The maximum absolute atomic E-state index is 12.3. The van der Waals surface area contributed by atoms with E-state index in [9.17, 15) is 9.59 Å². The molecule has 0 aromatic heterocycles. The van der Waals surface area contributed by atoms with Gasteiger partial charge in [-0.15, -0.1) is 0 Å². The molecule has 2 amide bonds. The molecule has 0 unspecified atom stereocenters. The number of hydrogen-bond acceptors (Lipinski definition) is 4. The molecule has 2 heterocycles. The van der Waals surface area contributed by atoms with E-state index >= 15 is 0 Å². The number of nitrogens with zero attached hydrogens (tertiary/aromatic N) is 3. The molecule has 2 saturated heterocycles. The molecule has 21 heavy (non-hydrogen) atoms. The second kappa shape index (κ2) is 7.75. The van der Waals surface area contributed by atoms with E-state index in [-0.39, 0.29) is 24.5 Å². The number of hydrogen-bond donors (Lipinski definition) is 1. The summed E-state index contributed by atoms with van der Waals surface area (Å²) in [6, 6.07) is 0.257. The first kappa shape index (κ1) is 16.2. The normalized spacial score (nSPS) is 23.9. The topological polar surface area (TPSA) is 64.1 Å². The Morgan fingerprint density at radius 1 is 1.33 bits per heavy atom. The zero-order valence-corrected chi connectivity index (χ0v) is 13.0. The van der Waals surface area contributed by atoms with Crippen LogP contribution < -0.4 is 0 Å². The van der Waals surface area contributed by atoms with Crippen molar-refractivity contribution in [3.8, 4) is 0 Å². The number of aliphatic hydroxyl groups excluding tert-OH is 1. The molecule has 0 spiro atoms. The van der Waals surface area contributed by atoms with Crippen molar-refractivity contribution in [1.29, 1.82) is 0 Å². The summed E-state index contributed by atoms with van der Waals surface area (Å²) < 4.78 is 0. The number of carbonyl (C=O) groups excluding carboxylic acids is 2. The smallest absolute Gasteiger partial charge is 0.222 e. The van der Waals surface area contributed by atoms with Crippen LogP contribution in [0.1, 0.15) is 32.1 Å². The van der Waals surface area contributed by atoms with Crippen LogP contribution >= 0.6 is 0 Å². The highest BCUT2D eigenvalue weighted by atomic mass is 16.3. The number of piperazine rings is 1. The third kappa shape index (κ3) is 4.41. The summed E-state index contributed by atoms with van der Waals surface area (Å²) in [5, 5.41) is 9.08. The summed E-state index contributed by atoms with van der Waals surface area (Å²) in [7, 11) is 2.04. The van der Waals surface area contributed by atoms with E-state index in [1.165, 1.54) is 0 Å². The van der Waals surface area contributed by atoms with Gasteiger partial charge >= 0.3 is 0 Å². The van der Waals surface area contributed by atoms with Gasteiger partial charge in [-0.3, -0.25) is 14.5 Å². The second-order valence-electron chi connectivity index (χ2n) is 6.07. The minimum atomic E-state index is 0.161. The van der Waals surface area contributed by atoms with Gasteiger partial charge in [0.05, 0.1) is 0 Å². The molecule has 2 aliphatic heterocycles. The summed E-state index contributed by atoms with van der Waals surface area (Å²) in [6.45, 7) is 4.05. The minimum Gasteiger partial charge on any atom is -0.396 e. The zero-order chi connectivity index (χ0) is 15.2. The van der Waals surface area contributed by atoms with Gasteiger partial charge in [0.2, 0.25) is 11.8 Å². The van der Waals surface area contributed by atoms with Gasteiger partial charge in [0, 0.05) is 58.2 Å². The molecule has 1 atom stereocenters. The summed E-state index contributed by atoms with van der Waals surface area (Å²) in [4.78, 5) is 29.7. The number of rotatable bonds is 6. The molecule has 6 heteroatoms. The fourth-order valence-electron chi connectivity index (χ4n) is 3.15. The Hall–Kier alpha value is -1.14. The molecule has 0 radical (unpaired) electrons. The zero-order valence-electron chi connectivity index (χ0n) is 13.0. The third-order valence-electron chi connectivity index (χ3n) is 4.58. The van der Waals surface area contributed by atoms with Gasteiger partial charge in [0.15, 0.2) is 0 Å². The number of likely N-dealkylation sites (N-methyl/N-ethyl adjacent to an activating group) is 1. The Bertz CT molecular complexity index is 375. The second-order valence-corrected chi connectivity index (χ2v) is 6.07. The summed E-state index contributed by atoms with van der Waals surface area (Å²) in [5.74, 6) is 0.405. The molecule has 2 aliphatic rings. The highest BCUT2D eigenvalue weighted by Crippen LogP contribution is 2.14. The highest BCUT2D eigenvalue weighted by Gasteiger charge is 2.27. The van der Waals surface area contributed by atoms with E-state index in [1.54, 1.807) is 0 Å². The number of aliphatic hydroxyl groups is 1. The fraction of sp³-hybridized carbons (Fsp3) is 0.867. The number of likely N-dealkylation sites (tertiary alicyclic amines) is 1. The largest absolute Gasteiger partial charge is 0.396 e. The predicted molar refractivity (Wildman–Crippen MR) is 79.7 cm³/mol. The summed E-state index contributed by atoms with van der Waals surface area (Å²) >= 11 is 0. The maximum Gasteiger partial charge on any atom is 0.222 e. The van der Waals surface area contributed by atoms with E-state index < -0.39 is 0 Å². The van der Waals surface area contributed by atoms with Gasteiger partial charge in [0.25, 0.3) is 0 Å². The lowest BCUT2D eigenvalue weighted by Gasteiger charge is -2.39. The first-order valence-corrected chi connectivity index (χ1v) is 7.98. The first-order chi connectivity index (χ1) is 10.1. The average molecular weight is 297 g/mol. The van der Waals surface area contributed by atoms with Gasteiger partial charge in [-0.2, -0.15) is 0 Å². The van der Waals surface area contributed by atoms with E-state index in [2.05, 4.69) is 4.90 Å². The molecule has 2 fully saturated rings. The van der Waals surface area contributed by atoms with Crippen molar-refractivity contribution < 1.29 is 14.7 Å². The number of carbonyl (C=O) groups is 2. The molecular weight excluding hydrogens is 270 g/mol. The molecule has 0 aromatic carbocycles. The molecule has 0 aliphatic carbocycles. The van der Waals surface area contributed by atoms with Crippen molar-refractivity contribution in [2.24, 2.45) is 0 Å². The predicted octanol–water partition coefficient (Wildman–Crippen LogP) is -0.0860. The minimum absolute atomic E-state index is 0.161. The Kier molecular flexibility index (Phi) is 5.99. The van der Waals surface area contributed by atoms with Crippen LogP contribution in [0.2, 0.25) is 0 Å². The SMILES string of the molecule is CN1CCN(C(=O)CCCN2CCCC2=O)C[C@@H]1CCO. The molecule has 1 N–H and O–H groups in total. The van der Waals surface area contributed by atoms with Crippen LogP contribution in [0.3, 0.4) is 0 Å². The van der Waals surface area contributed by atoms with Gasteiger partial charge in [-0.1, -0.05) is 0 Å². The lowest BCUT2D eigenvalue weighted by molar-refractivity contribution is -0.135. The molecule has 6 nitrogen and oxygen atoms in total. The van der Waals surface area contributed by atoms with Crippen molar-refractivity contribution in [1.82, 2.24) is 14.7 Å². The quantitative estimate of drug-likeness (QED) is 0.744. The van der Waals surface area contributed by atoms with Crippen LogP contribution in [-0.2, 0) is 9.59 Å². The maximum atomic E-state index is 12.3. The van der Waals surface area contributed by atoms with Crippen LogP contribution in [0.25, 0.3) is 0 Å². The van der Waals surface area contributed by atoms with Crippen LogP contribution in [0.5, 0.6) is 0 Å². The highest BCUT2D eigenvalue weighted by molar-refractivity contribution is 5.78. The van der Waals surface area contributed by atoms with E-state index in [4.69, 9.17) is 5.11 Å². The Balaban J connectivity index is 1.71. The van der Waals surface area contributed by atoms with Crippen molar-refractivity contribution >= 4 is 11.8 Å². The van der Waals surface area contributed by atoms with Gasteiger partial charge in [-0.05, 0) is 26.3 Å². The lowest BCUT2D eigenvalue weighted by atomic mass is 10.1. The van der Waals surface area contributed by atoms with Crippen molar-refractivity contribution in [2.45, 2.75) is 38.1 Å². The number of amides is 2. The summed E-state index contributed by atoms with van der Waals surface area (Å²) in [6.07, 6.45) is 3.59. The monoisotopic (exact) mass is 297 g/mol. The van der Waals surface area contributed by atoms with E-state index in [0.717, 1.165) is 32.5 Å². The molecule has 0 bridgehead atoms. The van der Waals surface area contributed by atoms with E-state index in [1.807, 2.05) is 16.8 Å². The van der Waals surface area contributed by atoms with E-state index in [0.29, 0.717) is 32.4 Å². The van der Waals surface area contributed by atoms with Crippen molar-refractivity contribution in [3.63, 3.8) is 0 Å². The standard InChI is InChI=1S/C15H27N3O3/c1-16-9-10-18(12-13(16)6-11-19)15(21)5-3-8-17-7-2-4-14(17)20/h13,19H,2-12H2,1H3/t13-/m0/s1. The lowest BCUT2D eigenvalue weighted by Crippen LogP contribution is -2.53. The Morgan fingerprint density at radius 2 is 2.14 bits per heavy atom. The van der Waals surface area contributed by atoms with Crippen LogP contribution in [0, 0.1) is 0 Å². The first-order valence-electron chi connectivity index (χ1n) is 7.98. The Labute approximate surface area is 126 Å². The Morgan fingerprint density at radius 3 is 2.81 bits per heavy atom. The average Bonchev–Trinajstić information content (AvgIpc) is 2.87. The van der Waals surface area contributed by atoms with Gasteiger partial charge in [-0.25, -0.2) is 0 Å². The van der Waals surface area contributed by atoms with Gasteiger partial charge < -0.3 is 14.9 Å². The third-order valence-corrected chi connectivity index (χ3v) is 4.58. The summed E-state index contributed by atoms with van der Waals surface area (Å²) in [5.41, 5.74) is 0. The van der Waals surface area contributed by atoms with Crippen LogP contribution in [0.15, 0.2) is 0 Å². The molecular formula is C15H27N3O3. The van der Waals surface area contributed by atoms with Crippen LogP contribution in [0.4, 0.5) is 0 Å². The fourth-order valence-corrected chi connectivity index (χ4v) is 3.15.